The van der Waals surface area contributed by atoms with Crippen LogP contribution in [0.1, 0.15) is 5.56 Å². The fraction of sp³-hybridized carbons (Fsp3) is 0.400. The van der Waals surface area contributed by atoms with Crippen LogP contribution in [0.5, 0.6) is 0 Å². The maximum atomic E-state index is 6.03. The molecule has 0 spiro atoms. The Morgan fingerprint density at radius 3 is 2.65 bits per heavy atom. The van der Waals surface area contributed by atoms with Crippen LogP contribution in [0.15, 0.2) is 36.7 Å². The molecule has 2 heterocycles. The lowest BCUT2D eigenvalue weighted by atomic mass is 10.2. The zero-order valence-electron chi connectivity index (χ0n) is 11.7. The predicted molar refractivity (Wildman–Crippen MR) is 82.2 cm³/mol. The van der Waals surface area contributed by atoms with E-state index in [9.17, 15) is 0 Å². The highest BCUT2D eigenvalue weighted by atomic mass is 35.5. The Morgan fingerprint density at radius 2 is 2.00 bits per heavy atom. The molecule has 0 amide bonds. The van der Waals surface area contributed by atoms with Gasteiger partial charge in [0.05, 0.1) is 0 Å². The number of benzene rings is 1. The Balaban J connectivity index is 1.58. The summed E-state index contributed by atoms with van der Waals surface area (Å²) in [5.74, 6) is 1.06. The lowest BCUT2D eigenvalue weighted by Gasteiger charge is -2.35. The largest absolute Gasteiger partial charge is 0.340 e. The molecule has 0 aliphatic carbocycles. The first-order valence-electron chi connectivity index (χ1n) is 6.91. The van der Waals surface area contributed by atoms with Crippen molar-refractivity contribution in [1.82, 2.24) is 14.5 Å². The van der Waals surface area contributed by atoms with Gasteiger partial charge in [-0.25, -0.2) is 4.98 Å². The fourth-order valence-electron chi connectivity index (χ4n) is 2.66. The molecule has 0 atom stereocenters. The minimum atomic E-state index is 0.814. The van der Waals surface area contributed by atoms with Gasteiger partial charge in [-0.05, 0) is 17.7 Å². The zero-order valence-corrected chi connectivity index (χ0v) is 12.4. The summed E-state index contributed by atoms with van der Waals surface area (Å²) in [4.78, 5) is 9.22. The van der Waals surface area contributed by atoms with Crippen molar-refractivity contribution in [3.05, 3.63) is 47.2 Å². The molecule has 0 radical (unpaired) electrons. The smallest absolute Gasteiger partial charge is 0.205 e. The number of rotatable bonds is 3. The van der Waals surface area contributed by atoms with Gasteiger partial charge in [-0.1, -0.05) is 23.7 Å². The van der Waals surface area contributed by atoms with Crippen molar-refractivity contribution in [3.63, 3.8) is 0 Å². The highest BCUT2D eigenvalue weighted by Gasteiger charge is 2.19. The van der Waals surface area contributed by atoms with E-state index in [2.05, 4.69) is 25.4 Å². The van der Waals surface area contributed by atoms with Crippen LogP contribution >= 0.6 is 11.6 Å². The van der Waals surface area contributed by atoms with Crippen molar-refractivity contribution >= 4 is 17.5 Å². The Kier molecular flexibility index (Phi) is 3.94. The van der Waals surface area contributed by atoms with Gasteiger partial charge in [-0.3, -0.25) is 4.90 Å². The van der Waals surface area contributed by atoms with Crippen LogP contribution in [0.3, 0.4) is 0 Å². The highest BCUT2D eigenvalue weighted by molar-refractivity contribution is 6.30. The molecule has 0 bridgehead atoms. The second kappa shape index (κ2) is 5.85. The van der Waals surface area contributed by atoms with Gasteiger partial charge >= 0.3 is 0 Å². The molecule has 1 fully saturated rings. The van der Waals surface area contributed by atoms with Gasteiger partial charge in [0.2, 0.25) is 5.95 Å². The molecular formula is C15H19ClN4. The first-order chi connectivity index (χ1) is 9.72. The van der Waals surface area contributed by atoms with E-state index in [-0.39, 0.29) is 0 Å². The second-order valence-electron chi connectivity index (χ2n) is 5.23. The molecule has 0 unspecified atom stereocenters. The molecule has 5 heteroatoms. The predicted octanol–water partition coefficient (Wildman–Crippen LogP) is 2.40. The van der Waals surface area contributed by atoms with Gasteiger partial charge in [0, 0.05) is 57.2 Å². The van der Waals surface area contributed by atoms with Gasteiger partial charge in [0.15, 0.2) is 0 Å². The van der Waals surface area contributed by atoms with E-state index < -0.39 is 0 Å². The lowest BCUT2D eigenvalue weighted by Crippen LogP contribution is -2.46. The van der Waals surface area contributed by atoms with Gasteiger partial charge < -0.3 is 9.47 Å². The molecule has 3 rings (SSSR count). The number of nitrogens with zero attached hydrogens (tertiary/aromatic N) is 4. The van der Waals surface area contributed by atoms with E-state index in [0.717, 1.165) is 43.7 Å². The third-order valence-corrected chi connectivity index (χ3v) is 3.98. The first-order valence-corrected chi connectivity index (χ1v) is 7.29. The average molecular weight is 291 g/mol. The molecule has 1 aromatic heterocycles. The Bertz CT molecular complexity index is 573. The summed E-state index contributed by atoms with van der Waals surface area (Å²) in [5, 5.41) is 0.814. The van der Waals surface area contributed by atoms with Crippen LogP contribution in [-0.4, -0.2) is 40.6 Å². The molecule has 20 heavy (non-hydrogen) atoms. The Morgan fingerprint density at radius 1 is 1.20 bits per heavy atom. The summed E-state index contributed by atoms with van der Waals surface area (Å²) in [6, 6.07) is 8.12. The molecule has 1 aliphatic rings. The number of hydrogen-bond donors (Lipinski definition) is 0. The second-order valence-corrected chi connectivity index (χ2v) is 5.67. The van der Waals surface area contributed by atoms with Crippen molar-refractivity contribution in [2.45, 2.75) is 6.54 Å². The van der Waals surface area contributed by atoms with Crippen molar-refractivity contribution in [2.24, 2.45) is 7.05 Å². The number of anilines is 1. The van der Waals surface area contributed by atoms with Crippen LogP contribution in [0.2, 0.25) is 5.02 Å². The van der Waals surface area contributed by atoms with Crippen molar-refractivity contribution < 1.29 is 0 Å². The molecule has 106 valence electrons. The van der Waals surface area contributed by atoms with Gasteiger partial charge in [-0.2, -0.15) is 0 Å². The number of imidazole rings is 1. The van der Waals surface area contributed by atoms with Crippen LogP contribution in [0.25, 0.3) is 0 Å². The molecule has 2 aromatic rings. The minimum absolute atomic E-state index is 0.814. The van der Waals surface area contributed by atoms with Crippen LogP contribution in [0.4, 0.5) is 5.95 Å². The van der Waals surface area contributed by atoms with E-state index >= 15 is 0 Å². The van der Waals surface area contributed by atoms with Gasteiger partial charge in [-0.15, -0.1) is 0 Å². The van der Waals surface area contributed by atoms with Crippen molar-refractivity contribution in [3.8, 4) is 0 Å². The summed E-state index contributed by atoms with van der Waals surface area (Å²) in [6.45, 7) is 5.12. The van der Waals surface area contributed by atoms with Crippen molar-refractivity contribution in [2.75, 3.05) is 31.1 Å². The average Bonchev–Trinajstić information content (AvgIpc) is 2.86. The molecule has 0 N–H and O–H groups in total. The number of halogens is 1. The normalized spacial score (nSPS) is 16.6. The van der Waals surface area contributed by atoms with E-state index in [1.54, 1.807) is 0 Å². The van der Waals surface area contributed by atoms with E-state index in [4.69, 9.17) is 11.6 Å². The summed E-state index contributed by atoms with van der Waals surface area (Å²) in [6.07, 6.45) is 3.85. The van der Waals surface area contributed by atoms with E-state index in [1.807, 2.05) is 37.6 Å². The SMILES string of the molecule is Cn1ccnc1N1CCN(Cc2cccc(Cl)c2)CC1. The first kappa shape index (κ1) is 13.5. The zero-order chi connectivity index (χ0) is 13.9. The number of aryl methyl sites for hydroxylation is 1. The highest BCUT2D eigenvalue weighted by Crippen LogP contribution is 2.16. The van der Waals surface area contributed by atoms with Crippen molar-refractivity contribution in [1.29, 1.82) is 0 Å². The summed E-state index contributed by atoms with van der Waals surface area (Å²) >= 11 is 6.03. The fourth-order valence-corrected chi connectivity index (χ4v) is 2.87. The Labute approximate surface area is 124 Å². The lowest BCUT2D eigenvalue weighted by molar-refractivity contribution is 0.248. The molecule has 1 aromatic carbocycles. The number of piperazine rings is 1. The van der Waals surface area contributed by atoms with E-state index in [1.165, 1.54) is 5.56 Å². The van der Waals surface area contributed by atoms with Crippen LogP contribution in [0, 0.1) is 0 Å². The monoisotopic (exact) mass is 290 g/mol. The third kappa shape index (κ3) is 2.97. The maximum absolute atomic E-state index is 6.03. The molecular weight excluding hydrogens is 272 g/mol. The summed E-state index contributed by atoms with van der Waals surface area (Å²) < 4.78 is 2.08. The van der Waals surface area contributed by atoms with Gasteiger partial charge in [0.1, 0.15) is 0 Å². The maximum Gasteiger partial charge on any atom is 0.205 e. The summed E-state index contributed by atoms with van der Waals surface area (Å²) in [5.41, 5.74) is 1.28. The van der Waals surface area contributed by atoms with Gasteiger partial charge in [0.25, 0.3) is 0 Å². The standard InChI is InChI=1S/C15H19ClN4/c1-18-6-5-17-15(18)20-9-7-19(8-10-20)12-13-3-2-4-14(16)11-13/h2-6,11H,7-10,12H2,1H3. The number of hydrogen-bond acceptors (Lipinski definition) is 3. The topological polar surface area (TPSA) is 24.3 Å². The molecule has 1 aliphatic heterocycles. The number of aromatic nitrogens is 2. The third-order valence-electron chi connectivity index (χ3n) is 3.75. The van der Waals surface area contributed by atoms with E-state index in [0.29, 0.717) is 0 Å². The minimum Gasteiger partial charge on any atom is -0.340 e. The van der Waals surface area contributed by atoms with Crippen LogP contribution in [-0.2, 0) is 13.6 Å². The quantitative estimate of drug-likeness (QED) is 0.867. The Hall–Kier alpha value is -1.52. The molecule has 4 nitrogen and oxygen atoms in total. The summed E-state index contributed by atoms with van der Waals surface area (Å²) in [7, 11) is 2.04. The van der Waals surface area contributed by atoms with Crippen LogP contribution < -0.4 is 4.90 Å². The molecule has 1 saturated heterocycles. The molecule has 0 saturated carbocycles.